The van der Waals surface area contributed by atoms with E-state index in [2.05, 4.69) is 5.32 Å². The van der Waals surface area contributed by atoms with Gasteiger partial charge in [0, 0.05) is 18.8 Å². The van der Waals surface area contributed by atoms with Crippen LogP contribution >= 0.6 is 0 Å². The first-order valence-corrected chi connectivity index (χ1v) is 5.13. The van der Waals surface area contributed by atoms with Gasteiger partial charge in [-0.05, 0) is 12.1 Å². The summed E-state index contributed by atoms with van der Waals surface area (Å²) in [6.07, 6.45) is 0. The maximum absolute atomic E-state index is 10.3. The highest BCUT2D eigenvalue weighted by Crippen LogP contribution is 2.08. The SMILES string of the molecule is Nc1ccccc1C(=O)O.OCCNCCO. The van der Waals surface area contributed by atoms with Gasteiger partial charge < -0.3 is 26.4 Å². The van der Waals surface area contributed by atoms with Crippen LogP contribution < -0.4 is 11.1 Å². The third-order valence-electron chi connectivity index (χ3n) is 1.77. The average Bonchev–Trinajstić information content (AvgIpc) is 2.31. The third-order valence-corrected chi connectivity index (χ3v) is 1.77. The molecule has 6 nitrogen and oxygen atoms in total. The highest BCUT2D eigenvalue weighted by Gasteiger charge is 2.03. The molecule has 0 aliphatic heterocycles. The second kappa shape index (κ2) is 9.59. The molecule has 0 aliphatic carbocycles. The largest absolute Gasteiger partial charge is 0.478 e. The van der Waals surface area contributed by atoms with E-state index in [-0.39, 0.29) is 18.8 Å². The van der Waals surface area contributed by atoms with Crippen molar-refractivity contribution in [3.63, 3.8) is 0 Å². The molecule has 96 valence electrons. The van der Waals surface area contributed by atoms with E-state index >= 15 is 0 Å². The number of aliphatic hydroxyl groups excluding tert-OH is 2. The standard InChI is InChI=1S/C7H7NO2.C4H11NO2/c8-6-4-2-1-3-5(6)7(9)10;6-3-1-5-2-4-7/h1-4H,8H2,(H,9,10);5-7H,1-4H2. The van der Waals surface area contributed by atoms with E-state index in [4.69, 9.17) is 21.1 Å². The van der Waals surface area contributed by atoms with Crippen molar-refractivity contribution < 1.29 is 20.1 Å². The Bertz CT molecular complexity index is 327. The number of aliphatic hydroxyl groups is 2. The number of para-hydroxylation sites is 1. The molecule has 0 saturated carbocycles. The van der Waals surface area contributed by atoms with Crippen molar-refractivity contribution in [1.29, 1.82) is 0 Å². The van der Waals surface area contributed by atoms with Crippen molar-refractivity contribution in [3.05, 3.63) is 29.8 Å². The van der Waals surface area contributed by atoms with Crippen molar-refractivity contribution in [1.82, 2.24) is 5.32 Å². The molecule has 0 saturated heterocycles. The summed E-state index contributed by atoms with van der Waals surface area (Å²) in [4.78, 5) is 10.3. The van der Waals surface area contributed by atoms with Gasteiger partial charge in [-0.3, -0.25) is 0 Å². The summed E-state index contributed by atoms with van der Waals surface area (Å²) in [7, 11) is 0. The van der Waals surface area contributed by atoms with Crippen molar-refractivity contribution in [3.8, 4) is 0 Å². The van der Waals surface area contributed by atoms with Gasteiger partial charge in [0.2, 0.25) is 0 Å². The normalized spacial score (nSPS) is 9.29. The molecule has 0 spiro atoms. The Morgan fingerprint density at radius 2 is 1.71 bits per heavy atom. The molecule has 0 aliphatic rings. The Hall–Kier alpha value is -1.63. The molecule has 0 radical (unpaired) electrons. The van der Waals surface area contributed by atoms with E-state index in [1.54, 1.807) is 18.2 Å². The fourth-order valence-corrected chi connectivity index (χ4v) is 0.975. The van der Waals surface area contributed by atoms with Gasteiger partial charge in [-0.2, -0.15) is 0 Å². The van der Waals surface area contributed by atoms with Crippen LogP contribution in [0, 0.1) is 0 Å². The lowest BCUT2D eigenvalue weighted by molar-refractivity contribution is 0.0698. The summed E-state index contributed by atoms with van der Waals surface area (Å²) < 4.78 is 0. The fourth-order valence-electron chi connectivity index (χ4n) is 0.975. The Kier molecular flexibility index (Phi) is 8.67. The minimum atomic E-state index is -0.988. The lowest BCUT2D eigenvalue weighted by Gasteiger charge is -1.96. The average molecular weight is 242 g/mol. The smallest absolute Gasteiger partial charge is 0.337 e. The summed E-state index contributed by atoms with van der Waals surface area (Å²) in [6, 6.07) is 6.36. The molecule has 0 fully saturated rings. The number of rotatable bonds is 5. The summed E-state index contributed by atoms with van der Waals surface area (Å²) in [5.74, 6) is -0.988. The first-order chi connectivity index (χ1) is 8.13. The molecule has 0 atom stereocenters. The molecule has 0 heterocycles. The number of aromatic carboxylic acids is 1. The van der Waals surface area contributed by atoms with Gasteiger partial charge in [-0.15, -0.1) is 0 Å². The molecular weight excluding hydrogens is 224 g/mol. The number of nitrogens with two attached hydrogens (primary N) is 1. The number of nitrogens with one attached hydrogen (secondary N) is 1. The van der Waals surface area contributed by atoms with E-state index in [1.165, 1.54) is 6.07 Å². The highest BCUT2D eigenvalue weighted by molar-refractivity contribution is 5.93. The summed E-state index contributed by atoms with van der Waals surface area (Å²) in [5, 5.41) is 27.6. The number of carboxylic acids is 1. The number of hydrogen-bond donors (Lipinski definition) is 5. The number of nitrogen functional groups attached to an aromatic ring is 1. The van der Waals surface area contributed by atoms with Gasteiger partial charge in [0.05, 0.1) is 18.8 Å². The topological polar surface area (TPSA) is 116 Å². The molecule has 17 heavy (non-hydrogen) atoms. The molecule has 6 N–H and O–H groups in total. The summed E-state index contributed by atoms with van der Waals surface area (Å²) >= 11 is 0. The van der Waals surface area contributed by atoms with E-state index in [0.29, 0.717) is 18.8 Å². The van der Waals surface area contributed by atoms with Crippen LogP contribution in [-0.4, -0.2) is 47.6 Å². The van der Waals surface area contributed by atoms with Gasteiger partial charge in [-0.25, -0.2) is 4.79 Å². The quantitative estimate of drug-likeness (QED) is 0.352. The molecule has 1 rings (SSSR count). The second-order valence-corrected chi connectivity index (χ2v) is 3.09. The van der Waals surface area contributed by atoms with Crippen LogP contribution in [0.25, 0.3) is 0 Å². The van der Waals surface area contributed by atoms with Gasteiger partial charge >= 0.3 is 5.97 Å². The molecule has 0 unspecified atom stereocenters. The van der Waals surface area contributed by atoms with E-state index < -0.39 is 5.97 Å². The van der Waals surface area contributed by atoms with Gasteiger partial charge in [0.1, 0.15) is 0 Å². The first kappa shape index (κ1) is 15.4. The third kappa shape index (κ3) is 7.29. The zero-order valence-corrected chi connectivity index (χ0v) is 9.47. The van der Waals surface area contributed by atoms with Crippen LogP contribution in [0.3, 0.4) is 0 Å². The molecule has 1 aromatic carbocycles. The van der Waals surface area contributed by atoms with Gasteiger partial charge in [0.15, 0.2) is 0 Å². The maximum atomic E-state index is 10.3. The number of carboxylic acid groups (broad SMARTS) is 1. The molecule has 0 aromatic heterocycles. The number of hydrogen-bond acceptors (Lipinski definition) is 5. The lowest BCUT2D eigenvalue weighted by Crippen LogP contribution is -2.21. The number of carbonyl (C=O) groups is 1. The van der Waals surface area contributed by atoms with E-state index in [0.717, 1.165) is 0 Å². The van der Waals surface area contributed by atoms with Crippen molar-refractivity contribution in [2.45, 2.75) is 0 Å². The zero-order valence-electron chi connectivity index (χ0n) is 9.47. The minimum absolute atomic E-state index is 0.139. The predicted octanol–water partition coefficient (Wildman–Crippen LogP) is -0.472. The van der Waals surface area contributed by atoms with Crippen LogP contribution in [0.5, 0.6) is 0 Å². The Labute approximate surface area is 99.7 Å². The number of benzene rings is 1. The molecule has 1 aromatic rings. The van der Waals surface area contributed by atoms with Crippen LogP contribution in [-0.2, 0) is 0 Å². The Morgan fingerprint density at radius 3 is 2.06 bits per heavy atom. The molecule has 6 heteroatoms. The molecule has 0 bridgehead atoms. The van der Waals surface area contributed by atoms with Crippen LogP contribution in [0.1, 0.15) is 10.4 Å². The van der Waals surface area contributed by atoms with Gasteiger partial charge in [-0.1, -0.05) is 12.1 Å². The van der Waals surface area contributed by atoms with Crippen molar-refractivity contribution in [2.75, 3.05) is 32.0 Å². The monoisotopic (exact) mass is 242 g/mol. The first-order valence-electron chi connectivity index (χ1n) is 5.13. The highest BCUT2D eigenvalue weighted by atomic mass is 16.4. The van der Waals surface area contributed by atoms with Crippen LogP contribution in [0.4, 0.5) is 5.69 Å². The van der Waals surface area contributed by atoms with Gasteiger partial charge in [0.25, 0.3) is 0 Å². The second-order valence-electron chi connectivity index (χ2n) is 3.09. The number of anilines is 1. The summed E-state index contributed by atoms with van der Waals surface area (Å²) in [6.45, 7) is 1.42. The Balaban J connectivity index is 0.000000325. The molecular formula is C11H18N2O4. The molecule has 0 amide bonds. The minimum Gasteiger partial charge on any atom is -0.478 e. The van der Waals surface area contributed by atoms with E-state index in [1.807, 2.05) is 0 Å². The maximum Gasteiger partial charge on any atom is 0.337 e. The van der Waals surface area contributed by atoms with Crippen LogP contribution in [0.2, 0.25) is 0 Å². The van der Waals surface area contributed by atoms with Crippen molar-refractivity contribution in [2.24, 2.45) is 0 Å². The summed E-state index contributed by atoms with van der Waals surface area (Å²) in [5.41, 5.74) is 5.80. The zero-order chi connectivity index (χ0) is 13.1. The fraction of sp³-hybridized carbons (Fsp3) is 0.364. The lowest BCUT2D eigenvalue weighted by atomic mass is 10.2. The van der Waals surface area contributed by atoms with Crippen LogP contribution in [0.15, 0.2) is 24.3 Å². The van der Waals surface area contributed by atoms with Crippen molar-refractivity contribution >= 4 is 11.7 Å². The van der Waals surface area contributed by atoms with E-state index in [9.17, 15) is 4.79 Å². The predicted molar refractivity (Wildman–Crippen MR) is 64.9 cm³/mol. The Morgan fingerprint density at radius 1 is 1.18 bits per heavy atom.